The number of rotatable bonds is 6. The highest BCUT2D eigenvalue weighted by Gasteiger charge is 2.79. The molecule has 8 nitrogen and oxygen atoms in total. The normalized spacial score (nSPS) is 45.2. The molecule has 8 heteroatoms. The van der Waals surface area contributed by atoms with Crippen molar-refractivity contribution in [1.82, 2.24) is 0 Å². The fourth-order valence-corrected chi connectivity index (χ4v) is 7.75. The van der Waals surface area contributed by atoms with Crippen molar-refractivity contribution in [3.05, 3.63) is 0 Å². The highest BCUT2D eigenvalue weighted by molar-refractivity contribution is 5.68. The van der Waals surface area contributed by atoms with E-state index in [0.717, 1.165) is 12.8 Å². The van der Waals surface area contributed by atoms with E-state index in [-0.39, 0.29) is 6.61 Å². The molecule has 0 bridgehead atoms. The van der Waals surface area contributed by atoms with Crippen molar-refractivity contribution in [3.8, 4) is 0 Å². The van der Waals surface area contributed by atoms with Crippen LogP contribution in [0.3, 0.4) is 0 Å². The second-order valence-corrected chi connectivity index (χ2v) is 11.4. The van der Waals surface area contributed by atoms with Crippen molar-refractivity contribution < 1.29 is 38.1 Å². The minimum Gasteiger partial charge on any atom is -0.456 e. The van der Waals surface area contributed by atoms with Gasteiger partial charge in [0.15, 0.2) is 24.6 Å². The third-order valence-corrected chi connectivity index (χ3v) is 9.02. The molecule has 0 aromatic rings. The molecule has 3 saturated carbocycles. The van der Waals surface area contributed by atoms with Crippen LogP contribution in [-0.2, 0) is 38.1 Å². The van der Waals surface area contributed by atoms with Crippen molar-refractivity contribution >= 4 is 17.9 Å². The lowest BCUT2D eigenvalue weighted by atomic mass is 9.69. The maximum atomic E-state index is 12.0. The summed E-state index contributed by atoms with van der Waals surface area (Å²) in [6.45, 7) is 13.0. The van der Waals surface area contributed by atoms with Gasteiger partial charge in [0.2, 0.25) is 0 Å². The van der Waals surface area contributed by atoms with Gasteiger partial charge < -0.3 is 23.7 Å². The van der Waals surface area contributed by atoms with Crippen molar-refractivity contribution in [3.63, 3.8) is 0 Å². The van der Waals surface area contributed by atoms with E-state index in [1.54, 1.807) is 0 Å². The van der Waals surface area contributed by atoms with Gasteiger partial charge in [0.1, 0.15) is 0 Å². The maximum Gasteiger partial charge on any atom is 0.303 e. The Bertz CT molecular complexity index is 826. The van der Waals surface area contributed by atoms with Crippen LogP contribution in [0.25, 0.3) is 0 Å². The summed E-state index contributed by atoms with van der Waals surface area (Å²) in [6.07, 6.45) is 0.684. The number of hydrogen-bond acceptors (Lipinski definition) is 8. The van der Waals surface area contributed by atoms with Crippen LogP contribution in [0, 0.1) is 35.0 Å². The minimum atomic E-state index is -1.04. The monoisotopic (exact) mass is 480 g/mol. The van der Waals surface area contributed by atoms with Gasteiger partial charge >= 0.3 is 17.9 Å². The van der Waals surface area contributed by atoms with Crippen LogP contribution >= 0.6 is 0 Å². The van der Waals surface area contributed by atoms with Gasteiger partial charge in [0, 0.05) is 20.8 Å². The van der Waals surface area contributed by atoms with Crippen molar-refractivity contribution in [2.24, 2.45) is 35.0 Å². The molecule has 1 aliphatic heterocycles. The number of carbonyl (C=O) groups is 3. The second kappa shape index (κ2) is 9.08. The Hall–Kier alpha value is -1.67. The smallest absolute Gasteiger partial charge is 0.303 e. The van der Waals surface area contributed by atoms with E-state index in [1.165, 1.54) is 33.6 Å². The molecule has 4 aliphatic rings. The molecule has 1 saturated heterocycles. The summed E-state index contributed by atoms with van der Waals surface area (Å²) in [5.41, 5.74) is -0.127. The molecule has 0 aromatic heterocycles. The molecule has 4 rings (SSSR count). The highest BCUT2D eigenvalue weighted by Crippen LogP contribution is 2.81. The first kappa shape index (κ1) is 25.4. The summed E-state index contributed by atoms with van der Waals surface area (Å²) in [6, 6.07) is 0. The molecular weight excluding hydrogens is 440 g/mol. The third-order valence-electron chi connectivity index (χ3n) is 9.02. The molecule has 3 aliphatic carbocycles. The van der Waals surface area contributed by atoms with E-state index in [0.29, 0.717) is 35.0 Å². The fraction of sp³-hybridized carbons (Fsp3) is 0.885. The molecule has 34 heavy (non-hydrogen) atoms. The molecule has 1 heterocycles. The van der Waals surface area contributed by atoms with E-state index in [1.807, 2.05) is 0 Å². The van der Waals surface area contributed by atoms with Gasteiger partial charge in [0.25, 0.3) is 0 Å². The Morgan fingerprint density at radius 1 is 0.912 bits per heavy atom. The summed E-state index contributed by atoms with van der Waals surface area (Å²) in [5, 5.41) is 0. The van der Waals surface area contributed by atoms with E-state index >= 15 is 0 Å². The van der Waals surface area contributed by atoms with Crippen molar-refractivity contribution in [2.75, 3.05) is 6.61 Å². The summed E-state index contributed by atoms with van der Waals surface area (Å²) >= 11 is 0. The Labute approximate surface area is 202 Å². The molecule has 10 atom stereocenters. The van der Waals surface area contributed by atoms with Crippen LogP contribution < -0.4 is 0 Å². The second-order valence-electron chi connectivity index (χ2n) is 11.4. The van der Waals surface area contributed by atoms with Gasteiger partial charge in [-0.25, -0.2) is 0 Å². The Kier molecular flexibility index (Phi) is 6.79. The summed E-state index contributed by atoms with van der Waals surface area (Å²) in [4.78, 5) is 35.5. The van der Waals surface area contributed by atoms with Crippen LogP contribution in [-0.4, -0.2) is 54.7 Å². The quantitative estimate of drug-likeness (QED) is 0.323. The third kappa shape index (κ3) is 4.25. The van der Waals surface area contributed by atoms with E-state index in [9.17, 15) is 14.4 Å². The number of fused-ring (bicyclic) bond motifs is 1. The van der Waals surface area contributed by atoms with Gasteiger partial charge in [-0.2, -0.15) is 0 Å². The number of ether oxygens (including phenoxy) is 5. The highest BCUT2D eigenvalue weighted by atomic mass is 16.7. The molecule has 0 amide bonds. The van der Waals surface area contributed by atoms with Gasteiger partial charge in [-0.3, -0.25) is 14.4 Å². The SMILES string of the molecule is CC(=O)OC1COC(OC2(C)CCC34C(C)CCC(C(C)C)C3C24)C(OC(C)=O)C1OC(C)=O. The average molecular weight is 481 g/mol. The van der Waals surface area contributed by atoms with E-state index in [2.05, 4.69) is 27.7 Å². The molecule has 1 spiro atoms. The first-order valence-corrected chi connectivity index (χ1v) is 12.7. The van der Waals surface area contributed by atoms with Crippen molar-refractivity contribution in [2.45, 2.75) is 104 Å². The molecule has 4 fully saturated rings. The molecule has 192 valence electrons. The van der Waals surface area contributed by atoms with Crippen LogP contribution in [0.4, 0.5) is 0 Å². The van der Waals surface area contributed by atoms with Crippen LogP contribution in [0.15, 0.2) is 0 Å². The first-order chi connectivity index (χ1) is 15.9. The van der Waals surface area contributed by atoms with Gasteiger partial charge in [-0.15, -0.1) is 0 Å². The lowest BCUT2D eigenvalue weighted by Gasteiger charge is -2.43. The molecule has 0 N–H and O–H groups in total. The molecule has 0 aromatic carbocycles. The molecule has 10 unspecified atom stereocenters. The average Bonchev–Trinajstić information content (AvgIpc) is 3.33. The largest absolute Gasteiger partial charge is 0.456 e. The lowest BCUT2D eigenvalue weighted by Crippen LogP contribution is -2.59. The number of hydrogen-bond donors (Lipinski definition) is 0. The zero-order valence-electron chi connectivity index (χ0n) is 21.5. The predicted octanol–water partition coefficient (Wildman–Crippen LogP) is 3.64. The fourth-order valence-electron chi connectivity index (χ4n) is 7.75. The van der Waals surface area contributed by atoms with E-state index in [4.69, 9.17) is 23.7 Å². The Morgan fingerprint density at radius 3 is 2.12 bits per heavy atom. The van der Waals surface area contributed by atoms with Crippen LogP contribution in [0.5, 0.6) is 0 Å². The Balaban J connectivity index is 1.59. The van der Waals surface area contributed by atoms with Gasteiger partial charge in [0.05, 0.1) is 12.2 Å². The lowest BCUT2D eigenvalue weighted by molar-refractivity contribution is -0.307. The Morgan fingerprint density at radius 2 is 1.53 bits per heavy atom. The summed E-state index contributed by atoms with van der Waals surface area (Å²) in [7, 11) is 0. The number of carbonyl (C=O) groups excluding carboxylic acids is 3. The topological polar surface area (TPSA) is 97.4 Å². The van der Waals surface area contributed by atoms with Crippen LogP contribution in [0.1, 0.15) is 74.1 Å². The minimum absolute atomic E-state index is 0.0136. The first-order valence-electron chi connectivity index (χ1n) is 12.7. The summed E-state index contributed by atoms with van der Waals surface area (Å²) in [5.74, 6) is 1.37. The zero-order chi connectivity index (χ0) is 25.0. The van der Waals surface area contributed by atoms with Crippen LogP contribution in [0.2, 0.25) is 0 Å². The summed E-state index contributed by atoms with van der Waals surface area (Å²) < 4.78 is 29.1. The van der Waals surface area contributed by atoms with E-state index < -0.39 is 48.1 Å². The number of esters is 3. The standard InChI is InChI=1S/C26H40O8/c1-13(2)18-9-8-14(3)26-11-10-25(7,23(26)20(18)26)34-24-22(33-17(6)29)21(32-16(5)28)19(12-30-24)31-15(4)27/h13-14,18-24H,8-12H2,1-7H3. The van der Waals surface area contributed by atoms with Gasteiger partial charge in [-0.1, -0.05) is 20.8 Å². The molecular formula is C26H40O8. The van der Waals surface area contributed by atoms with Gasteiger partial charge in [-0.05, 0) is 67.6 Å². The predicted molar refractivity (Wildman–Crippen MR) is 121 cm³/mol. The molecule has 0 radical (unpaired) electrons. The maximum absolute atomic E-state index is 12.0. The zero-order valence-corrected chi connectivity index (χ0v) is 21.5. The van der Waals surface area contributed by atoms with Crippen molar-refractivity contribution in [1.29, 1.82) is 0 Å².